The van der Waals surface area contributed by atoms with Crippen molar-refractivity contribution in [2.24, 2.45) is 0 Å². The highest BCUT2D eigenvalue weighted by Gasteiger charge is 2.21. The lowest BCUT2D eigenvalue weighted by molar-refractivity contribution is -0.125. The Morgan fingerprint density at radius 1 is 1.20 bits per heavy atom. The molecule has 1 aliphatic rings. The lowest BCUT2D eigenvalue weighted by Crippen LogP contribution is -2.28. The van der Waals surface area contributed by atoms with Gasteiger partial charge in [0.05, 0.1) is 0 Å². The van der Waals surface area contributed by atoms with Gasteiger partial charge in [-0.05, 0) is 56.4 Å². The number of benzene rings is 1. The first-order valence-corrected chi connectivity index (χ1v) is 7.02. The minimum absolute atomic E-state index is 0.135. The smallest absolute Gasteiger partial charge is 0.264 e. The molecule has 1 amide bonds. The zero-order valence-electron chi connectivity index (χ0n) is 12.4. The van der Waals surface area contributed by atoms with Gasteiger partial charge in [0.1, 0.15) is 11.6 Å². The minimum atomic E-state index is -0.135. The van der Waals surface area contributed by atoms with Gasteiger partial charge in [-0.1, -0.05) is 17.7 Å². The van der Waals surface area contributed by atoms with E-state index in [9.17, 15) is 10.1 Å². The SMILES string of the molecule is Cc1cc(C)c(/C=C(\C#N)C(=O)N2CCCC2)c(C)c1. The second-order valence-electron chi connectivity index (χ2n) is 5.48. The largest absolute Gasteiger partial charge is 0.338 e. The van der Waals surface area contributed by atoms with E-state index in [4.69, 9.17) is 0 Å². The summed E-state index contributed by atoms with van der Waals surface area (Å²) in [6, 6.07) is 6.22. The number of likely N-dealkylation sites (tertiary alicyclic amines) is 1. The van der Waals surface area contributed by atoms with Crippen LogP contribution < -0.4 is 0 Å². The lowest BCUT2D eigenvalue weighted by Gasteiger charge is -2.15. The van der Waals surface area contributed by atoms with E-state index >= 15 is 0 Å². The molecule has 1 saturated heterocycles. The first-order valence-electron chi connectivity index (χ1n) is 7.02. The third kappa shape index (κ3) is 2.91. The van der Waals surface area contributed by atoms with E-state index in [0.29, 0.717) is 0 Å². The molecule has 104 valence electrons. The van der Waals surface area contributed by atoms with E-state index in [2.05, 4.69) is 18.2 Å². The Morgan fingerprint density at radius 3 is 2.25 bits per heavy atom. The van der Waals surface area contributed by atoms with Gasteiger partial charge < -0.3 is 4.90 Å². The fourth-order valence-electron chi connectivity index (χ4n) is 2.80. The van der Waals surface area contributed by atoms with Crippen LogP contribution in [0.4, 0.5) is 0 Å². The molecule has 0 saturated carbocycles. The Labute approximate surface area is 120 Å². The molecule has 2 rings (SSSR count). The summed E-state index contributed by atoms with van der Waals surface area (Å²) in [6.07, 6.45) is 3.81. The second-order valence-corrected chi connectivity index (χ2v) is 5.48. The molecular formula is C17H20N2O. The molecule has 0 radical (unpaired) electrons. The van der Waals surface area contributed by atoms with E-state index in [1.165, 1.54) is 5.56 Å². The van der Waals surface area contributed by atoms with E-state index < -0.39 is 0 Å². The normalized spacial score (nSPS) is 15.3. The Balaban J connectivity index is 2.37. The van der Waals surface area contributed by atoms with Crippen molar-refractivity contribution >= 4 is 12.0 Å². The van der Waals surface area contributed by atoms with Gasteiger partial charge in [-0.2, -0.15) is 5.26 Å². The number of carbonyl (C=O) groups excluding carboxylic acids is 1. The summed E-state index contributed by atoms with van der Waals surface area (Å²) >= 11 is 0. The monoisotopic (exact) mass is 268 g/mol. The molecule has 1 fully saturated rings. The zero-order valence-corrected chi connectivity index (χ0v) is 12.4. The second kappa shape index (κ2) is 5.92. The molecule has 20 heavy (non-hydrogen) atoms. The fraction of sp³-hybridized carbons (Fsp3) is 0.412. The number of hydrogen-bond acceptors (Lipinski definition) is 2. The van der Waals surface area contributed by atoms with Gasteiger partial charge in [0, 0.05) is 13.1 Å². The molecule has 0 bridgehead atoms. The van der Waals surface area contributed by atoms with Crippen molar-refractivity contribution in [3.8, 4) is 6.07 Å². The van der Waals surface area contributed by atoms with E-state index in [1.54, 1.807) is 11.0 Å². The number of amides is 1. The summed E-state index contributed by atoms with van der Waals surface area (Å²) in [4.78, 5) is 14.1. The molecule has 3 heteroatoms. The van der Waals surface area contributed by atoms with Gasteiger partial charge >= 0.3 is 0 Å². The predicted molar refractivity (Wildman–Crippen MR) is 80.1 cm³/mol. The van der Waals surface area contributed by atoms with Crippen LogP contribution in [0, 0.1) is 32.1 Å². The minimum Gasteiger partial charge on any atom is -0.338 e. The highest BCUT2D eigenvalue weighted by molar-refractivity contribution is 6.02. The Morgan fingerprint density at radius 2 is 1.75 bits per heavy atom. The van der Waals surface area contributed by atoms with E-state index in [-0.39, 0.29) is 11.5 Å². The summed E-state index contributed by atoms with van der Waals surface area (Å²) in [7, 11) is 0. The summed E-state index contributed by atoms with van der Waals surface area (Å²) in [5, 5.41) is 9.29. The first-order chi connectivity index (χ1) is 9.52. The van der Waals surface area contributed by atoms with Gasteiger partial charge in [-0.15, -0.1) is 0 Å². The van der Waals surface area contributed by atoms with Gasteiger partial charge in [0.25, 0.3) is 5.91 Å². The average Bonchev–Trinajstić information content (AvgIpc) is 2.91. The molecule has 0 atom stereocenters. The standard InChI is InChI=1S/C17H20N2O/c1-12-8-13(2)16(14(3)9-12)10-15(11-18)17(20)19-6-4-5-7-19/h8-10H,4-7H2,1-3H3/b15-10+. The highest BCUT2D eigenvalue weighted by Crippen LogP contribution is 2.21. The van der Waals surface area contributed by atoms with Crippen molar-refractivity contribution in [2.45, 2.75) is 33.6 Å². The maximum atomic E-state index is 12.3. The number of hydrogen-bond donors (Lipinski definition) is 0. The molecule has 1 aromatic rings. The zero-order chi connectivity index (χ0) is 14.7. The van der Waals surface area contributed by atoms with Crippen LogP contribution in [0.2, 0.25) is 0 Å². The first kappa shape index (κ1) is 14.3. The number of nitriles is 1. The average molecular weight is 268 g/mol. The fourth-order valence-corrected chi connectivity index (χ4v) is 2.80. The van der Waals surface area contributed by atoms with Gasteiger partial charge in [0.15, 0.2) is 0 Å². The molecule has 0 aliphatic carbocycles. The Bertz CT molecular complexity index is 579. The van der Waals surface area contributed by atoms with Crippen LogP contribution in [0.25, 0.3) is 6.08 Å². The van der Waals surface area contributed by atoms with Crippen molar-refractivity contribution in [2.75, 3.05) is 13.1 Å². The van der Waals surface area contributed by atoms with E-state index in [1.807, 2.05) is 20.8 Å². The summed E-state index contributed by atoms with van der Waals surface area (Å²) in [6.45, 7) is 7.61. The maximum absolute atomic E-state index is 12.3. The molecule has 1 heterocycles. The van der Waals surface area contributed by atoms with E-state index in [0.717, 1.165) is 42.6 Å². The maximum Gasteiger partial charge on any atom is 0.264 e. The molecule has 1 aliphatic heterocycles. The third-order valence-corrected chi connectivity index (χ3v) is 3.77. The molecule has 0 N–H and O–H groups in total. The van der Waals surface area contributed by atoms with Crippen LogP contribution in [0.5, 0.6) is 0 Å². The molecule has 0 unspecified atom stereocenters. The Hall–Kier alpha value is -2.08. The number of carbonyl (C=O) groups is 1. The van der Waals surface area contributed by atoms with Crippen molar-refractivity contribution in [1.82, 2.24) is 4.90 Å². The van der Waals surface area contributed by atoms with Gasteiger partial charge in [0.2, 0.25) is 0 Å². The van der Waals surface area contributed by atoms with Crippen LogP contribution in [0.3, 0.4) is 0 Å². The van der Waals surface area contributed by atoms with Crippen LogP contribution in [-0.4, -0.2) is 23.9 Å². The molecule has 0 spiro atoms. The summed E-state index contributed by atoms with van der Waals surface area (Å²) in [5.74, 6) is -0.135. The van der Waals surface area contributed by atoms with Crippen molar-refractivity contribution in [3.63, 3.8) is 0 Å². The van der Waals surface area contributed by atoms with Crippen LogP contribution in [0.15, 0.2) is 17.7 Å². The lowest BCUT2D eigenvalue weighted by atomic mass is 9.98. The van der Waals surface area contributed by atoms with Gasteiger partial charge in [-0.3, -0.25) is 4.79 Å². The molecule has 0 aromatic heterocycles. The molecule has 3 nitrogen and oxygen atoms in total. The molecular weight excluding hydrogens is 248 g/mol. The van der Waals surface area contributed by atoms with Crippen molar-refractivity contribution in [1.29, 1.82) is 5.26 Å². The highest BCUT2D eigenvalue weighted by atomic mass is 16.2. The van der Waals surface area contributed by atoms with Gasteiger partial charge in [-0.25, -0.2) is 0 Å². The quantitative estimate of drug-likeness (QED) is 0.611. The topological polar surface area (TPSA) is 44.1 Å². The van der Waals surface area contributed by atoms with Crippen LogP contribution in [-0.2, 0) is 4.79 Å². The van der Waals surface area contributed by atoms with Crippen LogP contribution >= 0.6 is 0 Å². The molecule has 1 aromatic carbocycles. The number of aryl methyl sites for hydroxylation is 3. The third-order valence-electron chi connectivity index (χ3n) is 3.77. The Kier molecular flexibility index (Phi) is 4.24. The summed E-state index contributed by atoms with van der Waals surface area (Å²) < 4.78 is 0. The summed E-state index contributed by atoms with van der Waals surface area (Å²) in [5.41, 5.74) is 4.62. The number of rotatable bonds is 2. The van der Waals surface area contributed by atoms with Crippen molar-refractivity contribution in [3.05, 3.63) is 40.0 Å². The predicted octanol–water partition coefficient (Wildman–Crippen LogP) is 3.14. The van der Waals surface area contributed by atoms with Crippen molar-refractivity contribution < 1.29 is 4.79 Å². The number of nitrogens with zero attached hydrogens (tertiary/aromatic N) is 2. The van der Waals surface area contributed by atoms with Crippen LogP contribution in [0.1, 0.15) is 35.1 Å².